The van der Waals surface area contributed by atoms with E-state index in [2.05, 4.69) is 35.9 Å². The zero-order valence-electron chi connectivity index (χ0n) is 12.5. The van der Waals surface area contributed by atoms with E-state index in [1.807, 2.05) is 0 Å². The summed E-state index contributed by atoms with van der Waals surface area (Å²) < 4.78 is 0. The first-order valence-corrected chi connectivity index (χ1v) is 7.93. The first kappa shape index (κ1) is 14.3. The second-order valence-electron chi connectivity index (χ2n) is 6.18. The topological polar surface area (TPSA) is 18.5 Å². The molecular weight excluding hydrogens is 222 g/mol. The Labute approximate surface area is 113 Å². The van der Waals surface area contributed by atoms with Gasteiger partial charge in [-0.2, -0.15) is 0 Å². The lowest BCUT2D eigenvalue weighted by Crippen LogP contribution is -2.57. The summed E-state index contributed by atoms with van der Waals surface area (Å²) in [5.41, 5.74) is 0. The van der Waals surface area contributed by atoms with Crippen molar-refractivity contribution in [3.8, 4) is 0 Å². The molecule has 2 heterocycles. The van der Waals surface area contributed by atoms with Crippen LogP contribution >= 0.6 is 0 Å². The molecule has 1 N–H and O–H groups in total. The Kier molecular flexibility index (Phi) is 5.46. The average Bonchev–Trinajstić information content (AvgIpc) is 2.80. The summed E-state index contributed by atoms with van der Waals surface area (Å²) in [6.45, 7) is 13.3. The Morgan fingerprint density at radius 3 is 2.94 bits per heavy atom. The zero-order chi connectivity index (χ0) is 13.0. The largest absolute Gasteiger partial charge is 0.317 e. The molecule has 2 fully saturated rings. The molecule has 0 saturated carbocycles. The van der Waals surface area contributed by atoms with E-state index in [0.717, 1.165) is 24.7 Å². The molecule has 3 nitrogen and oxygen atoms in total. The van der Waals surface area contributed by atoms with Crippen LogP contribution in [0.5, 0.6) is 0 Å². The van der Waals surface area contributed by atoms with Gasteiger partial charge in [-0.3, -0.25) is 9.80 Å². The van der Waals surface area contributed by atoms with Gasteiger partial charge in [0, 0.05) is 31.2 Å². The van der Waals surface area contributed by atoms with E-state index < -0.39 is 0 Å². The Bertz CT molecular complexity index is 244. The first-order chi connectivity index (χ1) is 8.72. The summed E-state index contributed by atoms with van der Waals surface area (Å²) in [6, 6.07) is 2.35. The number of piperazine rings is 1. The molecule has 3 atom stereocenters. The molecule has 3 heteroatoms. The van der Waals surface area contributed by atoms with Crippen LogP contribution in [0.4, 0.5) is 0 Å². The van der Waals surface area contributed by atoms with Crippen molar-refractivity contribution in [2.75, 3.05) is 32.7 Å². The third-order valence-corrected chi connectivity index (χ3v) is 4.78. The van der Waals surface area contributed by atoms with Gasteiger partial charge in [0.15, 0.2) is 0 Å². The molecule has 2 aliphatic heterocycles. The molecule has 2 aliphatic rings. The molecule has 0 bridgehead atoms. The van der Waals surface area contributed by atoms with Gasteiger partial charge in [-0.1, -0.05) is 6.92 Å². The van der Waals surface area contributed by atoms with Crippen LogP contribution in [0.25, 0.3) is 0 Å². The van der Waals surface area contributed by atoms with E-state index in [-0.39, 0.29) is 0 Å². The highest BCUT2D eigenvalue weighted by molar-refractivity contribution is 4.92. The fraction of sp³-hybridized carbons (Fsp3) is 1.00. The van der Waals surface area contributed by atoms with E-state index in [9.17, 15) is 0 Å². The Morgan fingerprint density at radius 2 is 2.17 bits per heavy atom. The smallest absolute Gasteiger partial charge is 0.0224 e. The van der Waals surface area contributed by atoms with Crippen molar-refractivity contribution in [3.63, 3.8) is 0 Å². The van der Waals surface area contributed by atoms with Gasteiger partial charge < -0.3 is 5.32 Å². The molecule has 0 radical (unpaired) electrons. The third kappa shape index (κ3) is 3.46. The summed E-state index contributed by atoms with van der Waals surface area (Å²) in [7, 11) is 0. The molecule has 2 rings (SSSR count). The van der Waals surface area contributed by atoms with Crippen LogP contribution in [0.3, 0.4) is 0 Å². The van der Waals surface area contributed by atoms with Gasteiger partial charge in [0.25, 0.3) is 0 Å². The van der Waals surface area contributed by atoms with E-state index >= 15 is 0 Å². The normalized spacial score (nSPS) is 31.5. The summed E-state index contributed by atoms with van der Waals surface area (Å²) in [5.74, 6) is 0. The maximum absolute atomic E-state index is 3.43. The number of fused-ring (bicyclic) bond motifs is 1. The summed E-state index contributed by atoms with van der Waals surface area (Å²) in [6.07, 6.45) is 5.49. The predicted octanol–water partition coefficient (Wildman–Crippen LogP) is 1.93. The highest BCUT2D eigenvalue weighted by Gasteiger charge is 2.35. The highest BCUT2D eigenvalue weighted by Crippen LogP contribution is 2.26. The summed E-state index contributed by atoms with van der Waals surface area (Å²) in [4.78, 5) is 5.48. The highest BCUT2D eigenvalue weighted by atomic mass is 15.3. The minimum Gasteiger partial charge on any atom is -0.317 e. The molecule has 0 spiro atoms. The minimum absolute atomic E-state index is 0.744. The summed E-state index contributed by atoms with van der Waals surface area (Å²) >= 11 is 0. The van der Waals surface area contributed by atoms with E-state index in [1.165, 1.54) is 51.9 Å². The zero-order valence-corrected chi connectivity index (χ0v) is 12.5. The van der Waals surface area contributed by atoms with Crippen LogP contribution in [0.2, 0.25) is 0 Å². The molecule has 0 aromatic heterocycles. The standard InChI is InChI=1S/C15H31N3/c1-4-16-9-5-7-13(2)18-12-15-8-6-10-17(15)11-14(18)3/h13-16H,4-12H2,1-3H3. The maximum Gasteiger partial charge on any atom is 0.0224 e. The van der Waals surface area contributed by atoms with Crippen LogP contribution in [-0.2, 0) is 0 Å². The lowest BCUT2D eigenvalue weighted by Gasteiger charge is -2.45. The minimum atomic E-state index is 0.744. The van der Waals surface area contributed by atoms with Crippen molar-refractivity contribution in [1.29, 1.82) is 0 Å². The maximum atomic E-state index is 3.43. The molecule has 0 amide bonds. The molecule has 3 unspecified atom stereocenters. The molecule has 0 aromatic carbocycles. The molecule has 106 valence electrons. The third-order valence-electron chi connectivity index (χ3n) is 4.78. The van der Waals surface area contributed by atoms with Crippen molar-refractivity contribution in [2.45, 2.75) is 64.6 Å². The van der Waals surface area contributed by atoms with Crippen molar-refractivity contribution in [1.82, 2.24) is 15.1 Å². The fourth-order valence-electron chi connectivity index (χ4n) is 3.69. The predicted molar refractivity (Wildman–Crippen MR) is 78.0 cm³/mol. The molecule has 0 aliphatic carbocycles. The number of hydrogen-bond donors (Lipinski definition) is 1. The van der Waals surface area contributed by atoms with Crippen LogP contribution in [-0.4, -0.2) is 60.6 Å². The van der Waals surface area contributed by atoms with E-state index in [1.54, 1.807) is 0 Å². The second kappa shape index (κ2) is 6.88. The number of rotatable bonds is 6. The first-order valence-electron chi connectivity index (χ1n) is 7.93. The lowest BCUT2D eigenvalue weighted by atomic mass is 10.0. The van der Waals surface area contributed by atoms with E-state index in [4.69, 9.17) is 0 Å². The van der Waals surface area contributed by atoms with Gasteiger partial charge in [0.05, 0.1) is 0 Å². The van der Waals surface area contributed by atoms with Gasteiger partial charge in [0.1, 0.15) is 0 Å². The monoisotopic (exact) mass is 253 g/mol. The summed E-state index contributed by atoms with van der Waals surface area (Å²) in [5, 5.41) is 3.43. The van der Waals surface area contributed by atoms with Crippen LogP contribution in [0, 0.1) is 0 Å². The van der Waals surface area contributed by atoms with E-state index in [0.29, 0.717) is 0 Å². The average molecular weight is 253 g/mol. The number of nitrogens with one attached hydrogen (secondary N) is 1. The lowest BCUT2D eigenvalue weighted by molar-refractivity contribution is 0.0301. The quantitative estimate of drug-likeness (QED) is 0.730. The van der Waals surface area contributed by atoms with Crippen molar-refractivity contribution < 1.29 is 0 Å². The molecule has 2 saturated heterocycles. The van der Waals surface area contributed by atoms with Crippen LogP contribution in [0.15, 0.2) is 0 Å². The number of nitrogens with zero attached hydrogens (tertiary/aromatic N) is 2. The van der Waals surface area contributed by atoms with Crippen molar-refractivity contribution in [3.05, 3.63) is 0 Å². The van der Waals surface area contributed by atoms with Gasteiger partial charge in [-0.15, -0.1) is 0 Å². The van der Waals surface area contributed by atoms with Crippen LogP contribution < -0.4 is 5.32 Å². The number of hydrogen-bond acceptors (Lipinski definition) is 3. The molecular formula is C15H31N3. The Morgan fingerprint density at radius 1 is 1.33 bits per heavy atom. The van der Waals surface area contributed by atoms with Gasteiger partial charge in [-0.25, -0.2) is 0 Å². The van der Waals surface area contributed by atoms with Crippen molar-refractivity contribution in [2.24, 2.45) is 0 Å². The van der Waals surface area contributed by atoms with Crippen LogP contribution in [0.1, 0.15) is 46.5 Å². The Balaban J connectivity index is 1.76. The van der Waals surface area contributed by atoms with Gasteiger partial charge in [-0.05, 0) is 59.2 Å². The van der Waals surface area contributed by atoms with Gasteiger partial charge in [0.2, 0.25) is 0 Å². The molecule has 0 aromatic rings. The second-order valence-corrected chi connectivity index (χ2v) is 6.18. The van der Waals surface area contributed by atoms with Crippen molar-refractivity contribution >= 4 is 0 Å². The SMILES string of the molecule is CCNCCCC(C)N1CC2CCCN2CC1C. The van der Waals surface area contributed by atoms with Gasteiger partial charge >= 0.3 is 0 Å². The fourth-order valence-corrected chi connectivity index (χ4v) is 3.69. The molecule has 18 heavy (non-hydrogen) atoms. The Hall–Kier alpha value is -0.120.